The number of rotatable bonds is 10. The zero-order chi connectivity index (χ0) is 47.1. The monoisotopic (exact) mass is 922 g/mol. The lowest BCUT2D eigenvalue weighted by Crippen LogP contribution is -2.12. The summed E-state index contributed by atoms with van der Waals surface area (Å²) in [6, 6.07) is 102. The van der Waals surface area contributed by atoms with Crippen LogP contribution in [0.25, 0.3) is 86.2 Å². The van der Waals surface area contributed by atoms with E-state index in [9.17, 15) is 0 Å². The molecule has 0 aliphatic heterocycles. The SMILES string of the molecule is c1ccc(-c2ccc(N(c3cccc(-c4cccc5ccccc45)c3)c3ccccc3-c3cccc(N(c4ccc(-c5ccccc5)cc4)c4cccc5c4sc4c6ccccc6ccc54)c3)cc2)cc1. The van der Waals surface area contributed by atoms with Crippen molar-refractivity contribution in [2.75, 3.05) is 9.80 Å². The van der Waals surface area contributed by atoms with Crippen LogP contribution in [0.1, 0.15) is 0 Å². The maximum Gasteiger partial charge on any atom is 0.0640 e. The summed E-state index contributed by atoms with van der Waals surface area (Å²) in [7, 11) is 0. The molecule has 13 rings (SSSR count). The first-order valence-corrected chi connectivity index (χ1v) is 25.1. The van der Waals surface area contributed by atoms with Crippen LogP contribution in [0.5, 0.6) is 0 Å². The van der Waals surface area contributed by atoms with Gasteiger partial charge in [-0.2, -0.15) is 0 Å². The second kappa shape index (κ2) is 18.1. The standard InChI is InChI=1S/C68H46N2S/c1-3-17-47(18-4-1)49-35-40-55(41-36-49)69(57-26-13-24-53(45-57)60-31-15-23-51-21-7-9-28-59(51)60)65-33-12-11-29-61(65)54-25-14-27-58(46-54)70(56-42-37-50(38-43-56)48-19-5-2-6-20-48)66-34-16-32-63-64-44-39-52-22-8-10-30-62(52)67(64)71-68(63)66/h1-46H. The maximum absolute atomic E-state index is 2.45. The maximum atomic E-state index is 2.45. The molecular weight excluding hydrogens is 877 g/mol. The lowest BCUT2D eigenvalue weighted by Gasteiger charge is -2.29. The highest BCUT2D eigenvalue weighted by Gasteiger charge is 2.22. The second-order valence-electron chi connectivity index (χ2n) is 18.1. The molecule has 1 heterocycles. The number of thiophene rings is 1. The van der Waals surface area contributed by atoms with Gasteiger partial charge >= 0.3 is 0 Å². The largest absolute Gasteiger partial charge is 0.310 e. The molecular formula is C68H46N2S. The van der Waals surface area contributed by atoms with Crippen LogP contribution in [0, 0.1) is 0 Å². The van der Waals surface area contributed by atoms with Gasteiger partial charge in [-0.1, -0.05) is 218 Å². The van der Waals surface area contributed by atoms with Gasteiger partial charge in [0, 0.05) is 43.8 Å². The van der Waals surface area contributed by atoms with E-state index in [1.807, 2.05) is 11.3 Å². The molecule has 0 saturated heterocycles. The van der Waals surface area contributed by atoms with E-state index >= 15 is 0 Å². The Morgan fingerprint density at radius 2 is 0.648 bits per heavy atom. The first-order chi connectivity index (χ1) is 35.2. The topological polar surface area (TPSA) is 6.48 Å². The summed E-state index contributed by atoms with van der Waals surface area (Å²) in [6.45, 7) is 0. The summed E-state index contributed by atoms with van der Waals surface area (Å²) >= 11 is 1.89. The summed E-state index contributed by atoms with van der Waals surface area (Å²) in [5.74, 6) is 0. The predicted molar refractivity (Wildman–Crippen MR) is 305 cm³/mol. The highest BCUT2D eigenvalue weighted by atomic mass is 32.1. The minimum absolute atomic E-state index is 1.08. The van der Waals surface area contributed by atoms with Crippen molar-refractivity contribution < 1.29 is 0 Å². The third-order valence-electron chi connectivity index (χ3n) is 13.8. The van der Waals surface area contributed by atoms with Crippen LogP contribution in [0.15, 0.2) is 279 Å². The zero-order valence-electron chi connectivity index (χ0n) is 38.9. The van der Waals surface area contributed by atoms with Gasteiger partial charge in [0.25, 0.3) is 0 Å². The highest BCUT2D eigenvalue weighted by Crippen LogP contribution is 2.48. The molecule has 0 bridgehead atoms. The Morgan fingerprint density at radius 3 is 1.31 bits per heavy atom. The fourth-order valence-electron chi connectivity index (χ4n) is 10.4. The molecule has 0 N–H and O–H groups in total. The molecule has 334 valence electrons. The first kappa shape index (κ1) is 42.1. The minimum Gasteiger partial charge on any atom is -0.310 e. The van der Waals surface area contributed by atoms with Crippen LogP contribution in [0.4, 0.5) is 34.1 Å². The predicted octanol–water partition coefficient (Wildman–Crippen LogP) is 20.0. The Kier molecular flexibility index (Phi) is 10.8. The lowest BCUT2D eigenvalue weighted by molar-refractivity contribution is 1.28. The van der Waals surface area contributed by atoms with Gasteiger partial charge in [-0.25, -0.2) is 0 Å². The molecule has 0 fully saturated rings. The Hall–Kier alpha value is -9.02. The summed E-state index contributed by atoms with van der Waals surface area (Å²) in [5.41, 5.74) is 16.0. The quantitative estimate of drug-likeness (QED) is 0.135. The summed E-state index contributed by atoms with van der Waals surface area (Å²) in [6.07, 6.45) is 0. The first-order valence-electron chi connectivity index (χ1n) is 24.2. The number of fused-ring (bicyclic) bond motifs is 6. The van der Waals surface area contributed by atoms with E-state index in [0.717, 1.165) is 45.3 Å². The molecule has 0 spiro atoms. The van der Waals surface area contributed by atoms with Gasteiger partial charge in [0.15, 0.2) is 0 Å². The lowest BCUT2D eigenvalue weighted by atomic mass is 9.97. The van der Waals surface area contributed by atoms with Crippen molar-refractivity contribution in [3.8, 4) is 44.5 Å². The zero-order valence-corrected chi connectivity index (χ0v) is 39.7. The van der Waals surface area contributed by atoms with Crippen molar-refractivity contribution in [1.82, 2.24) is 0 Å². The Morgan fingerprint density at radius 1 is 0.225 bits per heavy atom. The van der Waals surface area contributed by atoms with Crippen molar-refractivity contribution in [2.24, 2.45) is 0 Å². The number of para-hydroxylation sites is 1. The van der Waals surface area contributed by atoms with Crippen LogP contribution < -0.4 is 9.80 Å². The van der Waals surface area contributed by atoms with Crippen molar-refractivity contribution in [3.63, 3.8) is 0 Å². The third-order valence-corrected chi connectivity index (χ3v) is 15.1. The molecule has 0 amide bonds. The third kappa shape index (κ3) is 7.79. The number of benzene rings is 12. The summed E-state index contributed by atoms with van der Waals surface area (Å²) < 4.78 is 2.57. The van der Waals surface area contributed by atoms with E-state index in [2.05, 4.69) is 289 Å². The minimum atomic E-state index is 1.08. The smallest absolute Gasteiger partial charge is 0.0640 e. The molecule has 12 aromatic carbocycles. The van der Waals surface area contributed by atoms with Gasteiger partial charge in [-0.15, -0.1) is 11.3 Å². The van der Waals surface area contributed by atoms with Gasteiger partial charge in [-0.3, -0.25) is 0 Å². The number of anilines is 6. The molecule has 0 aliphatic rings. The molecule has 0 atom stereocenters. The van der Waals surface area contributed by atoms with Gasteiger partial charge in [0.05, 0.1) is 16.1 Å². The Bertz CT molecular complexity index is 4040. The van der Waals surface area contributed by atoms with Gasteiger partial charge in [0.1, 0.15) is 0 Å². The second-order valence-corrected chi connectivity index (χ2v) is 19.1. The van der Waals surface area contributed by atoms with E-state index in [1.54, 1.807) is 0 Å². The van der Waals surface area contributed by atoms with Crippen LogP contribution in [-0.4, -0.2) is 0 Å². The molecule has 2 nitrogen and oxygen atoms in total. The van der Waals surface area contributed by atoms with E-state index < -0.39 is 0 Å². The number of nitrogens with zero attached hydrogens (tertiary/aromatic N) is 2. The van der Waals surface area contributed by atoms with Crippen molar-refractivity contribution in [3.05, 3.63) is 279 Å². The molecule has 3 heteroatoms. The summed E-state index contributed by atoms with van der Waals surface area (Å²) in [5, 5.41) is 7.56. The van der Waals surface area contributed by atoms with E-state index in [-0.39, 0.29) is 0 Å². The summed E-state index contributed by atoms with van der Waals surface area (Å²) in [4.78, 5) is 4.88. The molecule has 0 saturated carbocycles. The fourth-order valence-corrected chi connectivity index (χ4v) is 11.8. The molecule has 0 unspecified atom stereocenters. The van der Waals surface area contributed by atoms with Crippen LogP contribution in [0.3, 0.4) is 0 Å². The van der Waals surface area contributed by atoms with E-state index in [1.165, 1.54) is 75.1 Å². The average Bonchev–Trinajstić information content (AvgIpc) is 3.85. The van der Waals surface area contributed by atoms with Crippen LogP contribution in [-0.2, 0) is 0 Å². The normalized spacial score (nSPS) is 11.4. The Labute approximate surface area is 418 Å². The van der Waals surface area contributed by atoms with Gasteiger partial charge < -0.3 is 9.80 Å². The molecule has 1 aromatic heterocycles. The van der Waals surface area contributed by atoms with Gasteiger partial charge in [0.2, 0.25) is 0 Å². The van der Waals surface area contributed by atoms with Gasteiger partial charge in [-0.05, 0) is 121 Å². The molecule has 0 radical (unpaired) electrons. The van der Waals surface area contributed by atoms with Crippen molar-refractivity contribution in [2.45, 2.75) is 0 Å². The average molecular weight is 923 g/mol. The van der Waals surface area contributed by atoms with Crippen molar-refractivity contribution >= 4 is 87.2 Å². The van der Waals surface area contributed by atoms with E-state index in [4.69, 9.17) is 0 Å². The molecule has 13 aromatic rings. The number of hydrogen-bond donors (Lipinski definition) is 0. The molecule has 71 heavy (non-hydrogen) atoms. The number of hydrogen-bond acceptors (Lipinski definition) is 3. The fraction of sp³-hybridized carbons (Fsp3) is 0. The highest BCUT2D eigenvalue weighted by molar-refractivity contribution is 7.27. The van der Waals surface area contributed by atoms with Crippen LogP contribution in [0.2, 0.25) is 0 Å². The Balaban J connectivity index is 0.979. The molecule has 0 aliphatic carbocycles. The van der Waals surface area contributed by atoms with Crippen molar-refractivity contribution in [1.29, 1.82) is 0 Å². The van der Waals surface area contributed by atoms with E-state index in [0.29, 0.717) is 0 Å². The van der Waals surface area contributed by atoms with Crippen LogP contribution >= 0.6 is 11.3 Å².